The molecule has 3 N–H and O–H groups in total. The smallest absolute Gasteiger partial charge is 0.253 e. The Bertz CT molecular complexity index is 641. The molecule has 1 atom stereocenters. The summed E-state index contributed by atoms with van der Waals surface area (Å²) in [4.78, 5) is 26.6. The second-order valence-electron chi connectivity index (χ2n) is 6.52. The quantitative estimate of drug-likeness (QED) is 0.621. The van der Waals surface area contributed by atoms with Crippen molar-refractivity contribution in [2.75, 3.05) is 46.5 Å². The molecule has 1 fully saturated rings. The van der Waals surface area contributed by atoms with Crippen LogP contribution >= 0.6 is 0 Å². The summed E-state index contributed by atoms with van der Waals surface area (Å²) in [5.41, 5.74) is 6.13. The number of hydrogen-bond acceptors (Lipinski definition) is 5. The minimum absolute atomic E-state index is 0.0699. The van der Waals surface area contributed by atoms with E-state index in [1.54, 1.807) is 12.0 Å². The number of ether oxygens (including phenoxy) is 2. The van der Waals surface area contributed by atoms with Crippen molar-refractivity contribution in [3.63, 3.8) is 0 Å². The minimum Gasteiger partial charge on any atom is -0.382 e. The molecule has 0 aromatic heterocycles. The highest BCUT2D eigenvalue weighted by molar-refractivity contribution is 5.95. The maximum Gasteiger partial charge on any atom is 0.253 e. The lowest BCUT2D eigenvalue weighted by Gasteiger charge is -2.32. The number of rotatable bonds is 9. The molecule has 8 heteroatoms. The topological polar surface area (TPSA) is 93.9 Å². The lowest BCUT2D eigenvalue weighted by molar-refractivity contribution is -0.126. The van der Waals surface area contributed by atoms with Crippen LogP contribution in [0.4, 0.5) is 4.39 Å². The summed E-state index contributed by atoms with van der Waals surface area (Å²) in [5, 5.41) is 2.77. The Balaban J connectivity index is 2.00. The third kappa shape index (κ3) is 6.27. The van der Waals surface area contributed by atoms with Gasteiger partial charge in [0, 0.05) is 44.4 Å². The molecule has 0 bridgehead atoms. The van der Waals surface area contributed by atoms with Crippen molar-refractivity contribution in [2.45, 2.75) is 19.4 Å². The van der Waals surface area contributed by atoms with E-state index in [4.69, 9.17) is 15.2 Å². The third-order valence-corrected chi connectivity index (χ3v) is 4.50. The summed E-state index contributed by atoms with van der Waals surface area (Å²) in [6.45, 7) is 2.57. The first-order valence-electron chi connectivity index (χ1n) is 9.19. The van der Waals surface area contributed by atoms with Gasteiger partial charge in [0.15, 0.2) is 0 Å². The zero-order valence-electron chi connectivity index (χ0n) is 15.7. The fourth-order valence-corrected chi connectivity index (χ4v) is 3.04. The molecule has 1 heterocycles. The van der Waals surface area contributed by atoms with E-state index in [1.807, 2.05) is 0 Å². The van der Waals surface area contributed by atoms with Crippen molar-refractivity contribution in [3.05, 3.63) is 35.1 Å². The highest BCUT2D eigenvalue weighted by Gasteiger charge is 2.29. The molecule has 2 rings (SSSR count). The summed E-state index contributed by atoms with van der Waals surface area (Å²) in [6.07, 6.45) is 1.49. The molecule has 1 aliphatic rings. The number of amides is 2. The Morgan fingerprint density at radius 2 is 2.19 bits per heavy atom. The van der Waals surface area contributed by atoms with Gasteiger partial charge in [-0.25, -0.2) is 4.39 Å². The first-order chi connectivity index (χ1) is 13.1. The Morgan fingerprint density at radius 3 is 2.93 bits per heavy atom. The molecule has 0 radical (unpaired) electrons. The summed E-state index contributed by atoms with van der Waals surface area (Å²) in [5.74, 6) is -0.943. The van der Waals surface area contributed by atoms with Crippen molar-refractivity contribution < 1.29 is 23.5 Å². The third-order valence-electron chi connectivity index (χ3n) is 4.50. The molecule has 2 amide bonds. The second-order valence-corrected chi connectivity index (χ2v) is 6.52. The van der Waals surface area contributed by atoms with E-state index in [-0.39, 0.29) is 24.3 Å². The fourth-order valence-electron chi connectivity index (χ4n) is 3.04. The molecule has 1 aliphatic heterocycles. The molecule has 27 heavy (non-hydrogen) atoms. The Hall–Kier alpha value is -2.03. The lowest BCUT2D eigenvalue weighted by atomic mass is 9.96. The molecular formula is C19H28FN3O4. The van der Waals surface area contributed by atoms with Crippen molar-refractivity contribution in [1.29, 1.82) is 0 Å². The molecule has 0 aliphatic carbocycles. The Morgan fingerprint density at radius 1 is 1.37 bits per heavy atom. The molecule has 1 aromatic rings. The lowest BCUT2D eigenvalue weighted by Crippen LogP contribution is -2.46. The van der Waals surface area contributed by atoms with E-state index in [2.05, 4.69) is 5.32 Å². The van der Waals surface area contributed by atoms with Gasteiger partial charge in [0.25, 0.3) is 5.91 Å². The first kappa shape index (κ1) is 21.3. The number of piperidine rings is 1. The van der Waals surface area contributed by atoms with Gasteiger partial charge in [-0.3, -0.25) is 9.59 Å². The number of likely N-dealkylation sites (tertiary alicyclic amines) is 1. The first-order valence-corrected chi connectivity index (χ1v) is 9.19. The highest BCUT2D eigenvalue weighted by atomic mass is 19.1. The minimum atomic E-state index is -0.415. The molecule has 1 saturated heterocycles. The summed E-state index contributed by atoms with van der Waals surface area (Å²) in [6, 6.07) is 4.26. The predicted molar refractivity (Wildman–Crippen MR) is 98.6 cm³/mol. The van der Waals surface area contributed by atoms with Crippen LogP contribution in [-0.2, 0) is 20.9 Å². The van der Waals surface area contributed by atoms with Crippen LogP contribution in [0.25, 0.3) is 0 Å². The normalized spacial score (nSPS) is 17.0. The molecule has 1 unspecified atom stereocenters. The van der Waals surface area contributed by atoms with Crippen LogP contribution in [0.5, 0.6) is 0 Å². The average Bonchev–Trinajstić information content (AvgIpc) is 2.70. The van der Waals surface area contributed by atoms with Gasteiger partial charge in [0.2, 0.25) is 5.91 Å². The monoisotopic (exact) mass is 381 g/mol. The maximum absolute atomic E-state index is 14.0. The van der Waals surface area contributed by atoms with Crippen LogP contribution in [0.15, 0.2) is 18.2 Å². The van der Waals surface area contributed by atoms with Gasteiger partial charge in [-0.15, -0.1) is 0 Å². The number of halogens is 1. The zero-order valence-corrected chi connectivity index (χ0v) is 15.7. The number of benzene rings is 1. The second kappa shape index (κ2) is 11.0. The van der Waals surface area contributed by atoms with E-state index in [0.29, 0.717) is 50.5 Å². The van der Waals surface area contributed by atoms with Gasteiger partial charge in [0.1, 0.15) is 5.82 Å². The van der Waals surface area contributed by atoms with E-state index in [0.717, 1.165) is 12.8 Å². The van der Waals surface area contributed by atoms with Crippen LogP contribution in [0.2, 0.25) is 0 Å². The number of nitrogens with two attached hydrogens (primary N) is 1. The summed E-state index contributed by atoms with van der Waals surface area (Å²) < 4.78 is 24.2. The summed E-state index contributed by atoms with van der Waals surface area (Å²) in [7, 11) is 1.56. The van der Waals surface area contributed by atoms with Crippen molar-refractivity contribution in [2.24, 2.45) is 11.7 Å². The van der Waals surface area contributed by atoms with E-state index in [1.165, 1.54) is 18.2 Å². The zero-order chi connectivity index (χ0) is 19.6. The largest absolute Gasteiger partial charge is 0.382 e. The van der Waals surface area contributed by atoms with E-state index in [9.17, 15) is 14.0 Å². The van der Waals surface area contributed by atoms with Crippen LogP contribution in [0.1, 0.15) is 28.8 Å². The number of hydrogen-bond donors (Lipinski definition) is 2. The Kier molecular flexibility index (Phi) is 8.63. The number of carbonyl (C=O) groups is 2. The molecule has 7 nitrogen and oxygen atoms in total. The molecular weight excluding hydrogens is 353 g/mol. The van der Waals surface area contributed by atoms with Crippen molar-refractivity contribution >= 4 is 11.8 Å². The van der Waals surface area contributed by atoms with Gasteiger partial charge in [-0.1, -0.05) is 0 Å². The van der Waals surface area contributed by atoms with Gasteiger partial charge in [-0.2, -0.15) is 0 Å². The number of methoxy groups -OCH3 is 1. The highest BCUT2D eigenvalue weighted by Crippen LogP contribution is 2.20. The van der Waals surface area contributed by atoms with Crippen molar-refractivity contribution in [1.82, 2.24) is 10.2 Å². The Labute approximate surface area is 159 Å². The SMILES string of the molecule is COCCOCc1cc(C(=O)N2CCCC(C(=O)NCCN)C2)ccc1F. The molecule has 0 saturated carbocycles. The average molecular weight is 381 g/mol. The van der Waals surface area contributed by atoms with Gasteiger partial charge >= 0.3 is 0 Å². The standard InChI is InChI=1S/C19H28FN3O4/c1-26-9-10-27-13-16-11-14(4-5-17(16)20)19(25)23-8-2-3-15(12-23)18(24)22-7-6-21/h4-5,11,15H,2-3,6-10,12-13,21H2,1H3,(H,22,24). The number of carbonyl (C=O) groups excluding carboxylic acids is 2. The molecule has 0 spiro atoms. The predicted octanol–water partition coefficient (Wildman–Crippen LogP) is 0.916. The van der Waals surface area contributed by atoms with Crippen LogP contribution in [0, 0.1) is 11.7 Å². The van der Waals surface area contributed by atoms with Gasteiger partial charge in [-0.05, 0) is 31.0 Å². The molecule has 150 valence electrons. The van der Waals surface area contributed by atoms with Gasteiger partial charge < -0.3 is 25.4 Å². The van der Waals surface area contributed by atoms with E-state index < -0.39 is 5.82 Å². The molecule has 1 aromatic carbocycles. The van der Waals surface area contributed by atoms with Crippen LogP contribution in [-0.4, -0.2) is 63.2 Å². The number of nitrogens with zero attached hydrogens (tertiary/aromatic N) is 1. The fraction of sp³-hybridized carbons (Fsp3) is 0.579. The summed E-state index contributed by atoms with van der Waals surface area (Å²) >= 11 is 0. The van der Waals surface area contributed by atoms with Crippen molar-refractivity contribution in [3.8, 4) is 0 Å². The van der Waals surface area contributed by atoms with Crippen LogP contribution < -0.4 is 11.1 Å². The van der Waals surface area contributed by atoms with E-state index >= 15 is 0 Å². The van der Waals surface area contributed by atoms with Crippen LogP contribution in [0.3, 0.4) is 0 Å². The van der Waals surface area contributed by atoms with Gasteiger partial charge in [0.05, 0.1) is 25.7 Å². The number of nitrogens with one attached hydrogen (secondary N) is 1. The maximum atomic E-state index is 14.0.